The average Bonchev–Trinajstić information content (AvgIpc) is 3.13. The van der Waals surface area contributed by atoms with Crippen LogP contribution in [0.25, 0.3) is 10.1 Å². The summed E-state index contributed by atoms with van der Waals surface area (Å²) in [7, 11) is 0. The quantitative estimate of drug-likeness (QED) is 0.384. The summed E-state index contributed by atoms with van der Waals surface area (Å²) in [6, 6.07) is 22.4. The third kappa shape index (κ3) is 3.90. The molecule has 5 heteroatoms. The molecule has 0 spiro atoms. The fraction of sp³-hybridized carbons (Fsp3) is 0.0909. The SMILES string of the molecule is OC(c1cc2ccccc2s1)c1cc(Br)c(OCc2ccccc2)cc1F. The first-order valence-corrected chi connectivity index (χ1v) is 10.0. The van der Waals surface area contributed by atoms with E-state index in [0.29, 0.717) is 21.7 Å². The molecule has 27 heavy (non-hydrogen) atoms. The molecule has 0 aliphatic heterocycles. The van der Waals surface area contributed by atoms with Gasteiger partial charge >= 0.3 is 0 Å². The minimum Gasteiger partial charge on any atom is -0.488 e. The van der Waals surface area contributed by atoms with Gasteiger partial charge in [-0.1, -0.05) is 48.5 Å². The summed E-state index contributed by atoms with van der Waals surface area (Å²) < 4.78 is 22.1. The third-order valence-corrected chi connectivity index (χ3v) is 6.09. The molecule has 0 saturated carbocycles. The Bertz CT molecular complexity index is 1050. The van der Waals surface area contributed by atoms with Crippen molar-refractivity contribution in [2.45, 2.75) is 12.7 Å². The molecule has 0 radical (unpaired) electrons. The van der Waals surface area contributed by atoms with Crippen molar-refractivity contribution >= 4 is 37.4 Å². The van der Waals surface area contributed by atoms with Gasteiger partial charge in [-0.15, -0.1) is 11.3 Å². The first kappa shape index (κ1) is 18.2. The van der Waals surface area contributed by atoms with Crippen molar-refractivity contribution in [2.75, 3.05) is 0 Å². The third-order valence-electron chi connectivity index (χ3n) is 4.30. The molecule has 3 aromatic carbocycles. The number of hydrogen-bond acceptors (Lipinski definition) is 3. The number of ether oxygens (including phenoxy) is 1. The van der Waals surface area contributed by atoms with Gasteiger partial charge in [-0.05, 0) is 45.1 Å². The average molecular weight is 443 g/mol. The summed E-state index contributed by atoms with van der Waals surface area (Å²) in [6.07, 6.45) is -1.03. The molecule has 0 bridgehead atoms. The van der Waals surface area contributed by atoms with Gasteiger partial charge in [0.2, 0.25) is 0 Å². The molecule has 136 valence electrons. The highest BCUT2D eigenvalue weighted by atomic mass is 79.9. The lowest BCUT2D eigenvalue weighted by Gasteiger charge is -2.14. The van der Waals surface area contributed by atoms with Crippen LogP contribution in [0, 0.1) is 5.82 Å². The van der Waals surface area contributed by atoms with Gasteiger partial charge in [-0.3, -0.25) is 0 Å². The van der Waals surface area contributed by atoms with Crippen LogP contribution >= 0.6 is 27.3 Å². The van der Waals surface area contributed by atoms with Gasteiger partial charge in [0.1, 0.15) is 24.3 Å². The Morgan fingerprint density at radius 3 is 2.52 bits per heavy atom. The van der Waals surface area contributed by atoms with Crippen LogP contribution in [0.2, 0.25) is 0 Å². The number of fused-ring (bicyclic) bond motifs is 1. The summed E-state index contributed by atoms with van der Waals surface area (Å²) in [5.41, 5.74) is 1.22. The molecular formula is C22H16BrFO2S. The van der Waals surface area contributed by atoms with Crippen molar-refractivity contribution in [3.8, 4) is 5.75 Å². The van der Waals surface area contributed by atoms with Crippen molar-refractivity contribution in [3.63, 3.8) is 0 Å². The minimum absolute atomic E-state index is 0.223. The number of thiophene rings is 1. The molecule has 0 amide bonds. The van der Waals surface area contributed by atoms with Gasteiger partial charge in [0, 0.05) is 21.2 Å². The Labute approximate surface area is 169 Å². The number of rotatable bonds is 5. The van der Waals surface area contributed by atoms with Gasteiger partial charge in [0.05, 0.1) is 4.47 Å². The van der Waals surface area contributed by atoms with Gasteiger partial charge < -0.3 is 9.84 Å². The Morgan fingerprint density at radius 1 is 1.00 bits per heavy atom. The first-order chi connectivity index (χ1) is 13.1. The molecule has 4 aromatic rings. The second-order valence-corrected chi connectivity index (χ2v) is 8.14. The predicted octanol–water partition coefficient (Wildman–Crippen LogP) is 6.46. The van der Waals surface area contributed by atoms with E-state index in [1.807, 2.05) is 60.7 Å². The van der Waals surface area contributed by atoms with Crippen molar-refractivity contribution < 1.29 is 14.2 Å². The molecule has 0 aliphatic carbocycles. The van der Waals surface area contributed by atoms with E-state index >= 15 is 0 Å². The molecule has 1 unspecified atom stereocenters. The van der Waals surface area contributed by atoms with Crippen molar-refractivity contribution in [1.29, 1.82) is 0 Å². The molecule has 0 saturated heterocycles. The number of hydrogen-bond donors (Lipinski definition) is 1. The maximum atomic E-state index is 14.7. The molecule has 1 atom stereocenters. The molecule has 2 nitrogen and oxygen atoms in total. The highest BCUT2D eigenvalue weighted by molar-refractivity contribution is 9.10. The summed E-state index contributed by atoms with van der Waals surface area (Å²) in [6.45, 7) is 0.344. The summed E-state index contributed by atoms with van der Waals surface area (Å²) in [4.78, 5) is 0.708. The zero-order valence-corrected chi connectivity index (χ0v) is 16.6. The van der Waals surface area contributed by atoms with E-state index in [4.69, 9.17) is 4.74 Å². The fourth-order valence-electron chi connectivity index (χ4n) is 2.89. The molecule has 1 aromatic heterocycles. The summed E-state index contributed by atoms with van der Waals surface area (Å²) in [5, 5.41) is 11.7. The van der Waals surface area contributed by atoms with E-state index in [9.17, 15) is 9.50 Å². The monoisotopic (exact) mass is 442 g/mol. The zero-order chi connectivity index (χ0) is 18.8. The molecule has 4 rings (SSSR count). The number of benzene rings is 3. The van der Waals surface area contributed by atoms with Crippen molar-refractivity contribution in [3.05, 3.63) is 99.1 Å². The standard InChI is InChI=1S/C22H16BrFO2S/c23-17-11-16(22(25)21-10-15-8-4-5-9-20(15)27-21)18(24)12-19(17)26-13-14-6-2-1-3-7-14/h1-12,22,25H,13H2. The van der Waals surface area contributed by atoms with Gasteiger partial charge in [-0.25, -0.2) is 4.39 Å². The smallest absolute Gasteiger partial charge is 0.136 e. The summed E-state index contributed by atoms with van der Waals surface area (Å²) >= 11 is 4.89. The largest absolute Gasteiger partial charge is 0.488 e. The highest BCUT2D eigenvalue weighted by Gasteiger charge is 2.20. The fourth-order valence-corrected chi connectivity index (χ4v) is 4.44. The maximum Gasteiger partial charge on any atom is 0.136 e. The highest BCUT2D eigenvalue weighted by Crippen LogP contribution is 2.37. The lowest BCUT2D eigenvalue weighted by atomic mass is 10.1. The number of aliphatic hydroxyl groups is 1. The van der Waals surface area contributed by atoms with Gasteiger partial charge in [0.25, 0.3) is 0 Å². The Kier molecular flexibility index (Phi) is 5.25. The van der Waals surface area contributed by atoms with Crippen LogP contribution in [0.3, 0.4) is 0 Å². The van der Waals surface area contributed by atoms with Crippen LogP contribution in [0.4, 0.5) is 4.39 Å². The van der Waals surface area contributed by atoms with E-state index in [1.165, 1.54) is 17.4 Å². The second-order valence-electron chi connectivity index (χ2n) is 6.17. The normalized spacial score (nSPS) is 12.3. The van der Waals surface area contributed by atoms with Crippen LogP contribution < -0.4 is 4.74 Å². The predicted molar refractivity (Wildman–Crippen MR) is 111 cm³/mol. The Hall–Kier alpha value is -2.21. The van der Waals surface area contributed by atoms with Crippen molar-refractivity contribution in [2.24, 2.45) is 0 Å². The second kappa shape index (κ2) is 7.80. The molecule has 1 heterocycles. The minimum atomic E-state index is -1.03. The molecular weight excluding hydrogens is 427 g/mol. The van der Waals surface area contributed by atoms with E-state index in [1.54, 1.807) is 6.07 Å². The van der Waals surface area contributed by atoms with Crippen LogP contribution in [-0.4, -0.2) is 5.11 Å². The van der Waals surface area contributed by atoms with Crippen LogP contribution in [0.1, 0.15) is 22.1 Å². The van der Waals surface area contributed by atoms with Crippen LogP contribution in [0.5, 0.6) is 5.75 Å². The zero-order valence-electron chi connectivity index (χ0n) is 14.2. The van der Waals surface area contributed by atoms with Crippen LogP contribution in [0.15, 0.2) is 77.3 Å². The molecule has 1 N–H and O–H groups in total. The Balaban J connectivity index is 1.59. The Morgan fingerprint density at radius 2 is 1.74 bits per heavy atom. The lowest BCUT2D eigenvalue weighted by molar-refractivity contribution is 0.218. The van der Waals surface area contributed by atoms with Gasteiger partial charge in [0.15, 0.2) is 0 Å². The number of aliphatic hydroxyl groups excluding tert-OH is 1. The van der Waals surface area contributed by atoms with E-state index in [-0.39, 0.29) is 5.56 Å². The lowest BCUT2D eigenvalue weighted by Crippen LogP contribution is -2.03. The van der Waals surface area contributed by atoms with E-state index < -0.39 is 11.9 Å². The maximum absolute atomic E-state index is 14.7. The van der Waals surface area contributed by atoms with E-state index in [2.05, 4.69) is 15.9 Å². The first-order valence-electron chi connectivity index (χ1n) is 8.44. The molecule has 0 fully saturated rings. The molecule has 0 aliphatic rings. The van der Waals surface area contributed by atoms with Crippen LogP contribution in [-0.2, 0) is 6.61 Å². The van der Waals surface area contributed by atoms with Crippen molar-refractivity contribution in [1.82, 2.24) is 0 Å². The van der Waals surface area contributed by atoms with E-state index in [0.717, 1.165) is 15.6 Å². The number of halogens is 2. The van der Waals surface area contributed by atoms with Gasteiger partial charge in [-0.2, -0.15) is 0 Å². The summed E-state index contributed by atoms with van der Waals surface area (Å²) in [5.74, 6) is -0.0881. The topological polar surface area (TPSA) is 29.5 Å².